The molecule has 2 heterocycles. The highest BCUT2D eigenvalue weighted by Crippen LogP contribution is 2.39. The SMILES string of the molecule is CCC(C)(C)c1ccc(OCCCn2c(C3OC(=O)N(c4ccccc4OC)C3=O)nc3ccccc3c2=O)c(C(C)(C)CC)c1. The molecule has 3 aromatic carbocycles. The number of cyclic esters (lactones) is 1. The van der Waals surface area contributed by atoms with E-state index in [-0.39, 0.29) is 34.4 Å². The second kappa shape index (κ2) is 13.0. The van der Waals surface area contributed by atoms with Crippen molar-refractivity contribution in [2.75, 3.05) is 18.6 Å². The van der Waals surface area contributed by atoms with Crippen LogP contribution in [0, 0.1) is 0 Å². The molecule has 1 aromatic heterocycles. The van der Waals surface area contributed by atoms with Gasteiger partial charge in [-0.3, -0.25) is 14.2 Å². The molecule has 0 radical (unpaired) electrons. The van der Waals surface area contributed by atoms with Crippen LogP contribution in [0.1, 0.15) is 83.9 Å². The van der Waals surface area contributed by atoms with Gasteiger partial charge in [-0.05, 0) is 66.0 Å². The molecule has 1 unspecified atom stereocenters. The zero-order chi connectivity index (χ0) is 33.2. The molecule has 0 aliphatic carbocycles. The van der Waals surface area contributed by atoms with Gasteiger partial charge >= 0.3 is 6.09 Å². The van der Waals surface area contributed by atoms with Crippen molar-refractivity contribution >= 4 is 28.6 Å². The molecule has 1 aliphatic rings. The van der Waals surface area contributed by atoms with E-state index in [9.17, 15) is 14.4 Å². The maximum atomic E-state index is 13.8. The van der Waals surface area contributed by atoms with Gasteiger partial charge in [0, 0.05) is 12.1 Å². The first kappa shape index (κ1) is 32.7. The number of amides is 2. The Morgan fingerprint density at radius 3 is 2.28 bits per heavy atom. The zero-order valence-electron chi connectivity index (χ0n) is 27.8. The van der Waals surface area contributed by atoms with E-state index < -0.39 is 18.1 Å². The summed E-state index contributed by atoms with van der Waals surface area (Å²) in [6.07, 6.45) is 0.151. The highest BCUT2D eigenvalue weighted by Gasteiger charge is 2.46. The minimum atomic E-state index is -1.40. The highest BCUT2D eigenvalue weighted by atomic mass is 16.6. The topological polar surface area (TPSA) is 100.0 Å². The first-order valence-corrected chi connectivity index (χ1v) is 15.9. The molecule has 0 saturated carbocycles. The first-order valence-electron chi connectivity index (χ1n) is 15.9. The molecule has 1 aliphatic heterocycles. The van der Waals surface area contributed by atoms with Crippen molar-refractivity contribution in [1.29, 1.82) is 0 Å². The number of anilines is 1. The molecule has 0 spiro atoms. The molecule has 0 bridgehead atoms. The summed E-state index contributed by atoms with van der Waals surface area (Å²) in [6.45, 7) is 13.8. The van der Waals surface area contributed by atoms with Crippen LogP contribution in [-0.4, -0.2) is 35.3 Å². The van der Waals surface area contributed by atoms with E-state index in [1.54, 1.807) is 48.5 Å². The van der Waals surface area contributed by atoms with Crippen LogP contribution in [0.2, 0.25) is 0 Å². The third-order valence-corrected chi connectivity index (χ3v) is 9.34. The summed E-state index contributed by atoms with van der Waals surface area (Å²) in [7, 11) is 1.46. The lowest BCUT2D eigenvalue weighted by Crippen LogP contribution is -2.33. The molecule has 1 saturated heterocycles. The Hall–Kier alpha value is -4.66. The lowest BCUT2D eigenvalue weighted by atomic mass is 9.76. The van der Waals surface area contributed by atoms with Crippen LogP contribution in [-0.2, 0) is 26.9 Å². The summed E-state index contributed by atoms with van der Waals surface area (Å²) in [5, 5.41) is 0.409. The van der Waals surface area contributed by atoms with E-state index in [1.807, 2.05) is 0 Å². The van der Waals surface area contributed by atoms with Crippen LogP contribution in [0.25, 0.3) is 10.9 Å². The van der Waals surface area contributed by atoms with Crippen LogP contribution >= 0.6 is 0 Å². The number of nitrogens with zero attached hydrogens (tertiary/aromatic N) is 3. The highest BCUT2D eigenvalue weighted by molar-refractivity contribution is 6.18. The minimum absolute atomic E-state index is 0.0418. The van der Waals surface area contributed by atoms with Crippen molar-refractivity contribution in [2.45, 2.75) is 84.3 Å². The number of ether oxygens (including phenoxy) is 3. The Labute approximate surface area is 270 Å². The summed E-state index contributed by atoms with van der Waals surface area (Å²) < 4.78 is 18.8. The van der Waals surface area contributed by atoms with E-state index >= 15 is 0 Å². The molecule has 46 heavy (non-hydrogen) atoms. The van der Waals surface area contributed by atoms with E-state index in [0.717, 1.165) is 29.1 Å². The third kappa shape index (κ3) is 6.10. The zero-order valence-corrected chi connectivity index (χ0v) is 27.8. The maximum Gasteiger partial charge on any atom is 0.422 e. The number of methoxy groups -OCH3 is 1. The summed E-state index contributed by atoms with van der Waals surface area (Å²) in [5.41, 5.74) is 2.72. The Bertz CT molecular complexity index is 1830. The van der Waals surface area contributed by atoms with Gasteiger partial charge in [-0.15, -0.1) is 0 Å². The molecule has 1 fully saturated rings. The van der Waals surface area contributed by atoms with Gasteiger partial charge < -0.3 is 14.2 Å². The van der Waals surface area contributed by atoms with Crippen molar-refractivity contribution in [3.63, 3.8) is 0 Å². The minimum Gasteiger partial charge on any atom is -0.495 e. The van der Waals surface area contributed by atoms with E-state index in [2.05, 4.69) is 64.7 Å². The van der Waals surface area contributed by atoms with Crippen LogP contribution in [0.5, 0.6) is 11.5 Å². The van der Waals surface area contributed by atoms with Gasteiger partial charge in [0.2, 0.25) is 6.10 Å². The van der Waals surface area contributed by atoms with Crippen molar-refractivity contribution in [3.8, 4) is 11.5 Å². The van der Waals surface area contributed by atoms with Crippen molar-refractivity contribution < 1.29 is 23.8 Å². The van der Waals surface area contributed by atoms with Crippen LogP contribution in [0.3, 0.4) is 0 Å². The van der Waals surface area contributed by atoms with Crippen LogP contribution in [0.15, 0.2) is 71.5 Å². The van der Waals surface area contributed by atoms with Crippen LogP contribution in [0.4, 0.5) is 10.5 Å². The predicted molar refractivity (Wildman–Crippen MR) is 179 cm³/mol. The fraction of sp³-hybridized carbons (Fsp3) is 0.405. The second-order valence-corrected chi connectivity index (χ2v) is 12.9. The second-order valence-electron chi connectivity index (χ2n) is 12.9. The maximum absolute atomic E-state index is 13.8. The van der Waals surface area contributed by atoms with E-state index in [1.165, 1.54) is 17.2 Å². The van der Waals surface area contributed by atoms with E-state index in [0.29, 0.717) is 29.7 Å². The van der Waals surface area contributed by atoms with Gasteiger partial charge in [0.25, 0.3) is 11.5 Å². The van der Waals surface area contributed by atoms with Gasteiger partial charge in [-0.25, -0.2) is 14.7 Å². The van der Waals surface area contributed by atoms with E-state index in [4.69, 9.17) is 14.2 Å². The van der Waals surface area contributed by atoms with Gasteiger partial charge in [0.1, 0.15) is 11.5 Å². The number of para-hydroxylation sites is 3. The van der Waals surface area contributed by atoms with Gasteiger partial charge in [0.15, 0.2) is 5.82 Å². The fourth-order valence-corrected chi connectivity index (χ4v) is 5.61. The Balaban J connectivity index is 1.44. The lowest BCUT2D eigenvalue weighted by Gasteiger charge is -2.30. The standard InChI is InChI=1S/C37H43N3O6/c1-8-36(3,4)24-19-20-29(26(23-24)37(5,6)9-2)45-22-14-21-39-32(38-27-16-11-10-15-25(27)33(39)41)31-34(42)40(35(43)46-31)28-17-12-13-18-30(28)44-7/h10-13,15-20,23,31H,8-9,14,21-22H2,1-7H3. The monoisotopic (exact) mass is 625 g/mol. The Kier molecular flexibility index (Phi) is 9.24. The summed E-state index contributed by atoms with van der Waals surface area (Å²) in [6, 6.07) is 20.1. The van der Waals surface area contributed by atoms with Gasteiger partial charge in [-0.1, -0.05) is 77.9 Å². The predicted octanol–water partition coefficient (Wildman–Crippen LogP) is 7.47. The summed E-state index contributed by atoms with van der Waals surface area (Å²) in [4.78, 5) is 46.2. The molecular formula is C37H43N3O6. The Morgan fingerprint density at radius 1 is 0.870 bits per heavy atom. The first-order chi connectivity index (χ1) is 21.9. The molecule has 0 N–H and O–H groups in total. The lowest BCUT2D eigenvalue weighted by molar-refractivity contribution is -0.122. The number of hydrogen-bond acceptors (Lipinski definition) is 7. The summed E-state index contributed by atoms with van der Waals surface area (Å²) in [5.74, 6) is 0.576. The van der Waals surface area contributed by atoms with Gasteiger partial charge in [0.05, 0.1) is 30.3 Å². The van der Waals surface area contributed by atoms with Crippen molar-refractivity contribution in [3.05, 3.63) is 94.0 Å². The summed E-state index contributed by atoms with van der Waals surface area (Å²) >= 11 is 0. The smallest absolute Gasteiger partial charge is 0.422 e. The molecule has 9 heteroatoms. The average molecular weight is 626 g/mol. The number of carbonyl (C=O) groups is 2. The Morgan fingerprint density at radius 2 is 1.57 bits per heavy atom. The molecule has 5 rings (SSSR count). The third-order valence-electron chi connectivity index (χ3n) is 9.34. The fourth-order valence-electron chi connectivity index (χ4n) is 5.61. The number of hydrogen-bond donors (Lipinski definition) is 0. The number of aromatic nitrogens is 2. The molecule has 1 atom stereocenters. The number of rotatable bonds is 12. The number of carbonyl (C=O) groups excluding carboxylic acids is 2. The molecule has 2 amide bonds. The van der Waals surface area contributed by atoms with Crippen molar-refractivity contribution in [2.24, 2.45) is 0 Å². The quantitative estimate of drug-likeness (QED) is 0.151. The van der Waals surface area contributed by atoms with Gasteiger partial charge in [-0.2, -0.15) is 0 Å². The molecule has 4 aromatic rings. The van der Waals surface area contributed by atoms with Crippen molar-refractivity contribution in [1.82, 2.24) is 9.55 Å². The number of imide groups is 1. The largest absolute Gasteiger partial charge is 0.495 e. The number of fused-ring (bicyclic) bond motifs is 1. The molecule has 9 nitrogen and oxygen atoms in total. The average Bonchev–Trinajstić information content (AvgIpc) is 3.36. The number of benzene rings is 3. The van der Waals surface area contributed by atoms with Crippen LogP contribution < -0.4 is 19.9 Å². The normalized spacial score (nSPS) is 15.4. The molecule has 242 valence electrons. The molecular weight excluding hydrogens is 582 g/mol.